The first-order valence-corrected chi connectivity index (χ1v) is 8.13. The van der Waals surface area contributed by atoms with Crippen LogP contribution in [-0.4, -0.2) is 21.8 Å². The number of pyridine rings is 1. The Morgan fingerprint density at radius 2 is 1.63 bits per heavy atom. The zero-order chi connectivity index (χ0) is 13.7. The molecule has 0 spiro atoms. The first-order chi connectivity index (χ1) is 9.13. The molecule has 0 radical (unpaired) electrons. The molecular formula is C17H22AsN. The number of benzene rings is 1. The van der Waals surface area contributed by atoms with Crippen LogP contribution in [0, 0.1) is 13.8 Å². The van der Waals surface area contributed by atoms with E-state index in [1.165, 1.54) is 40.4 Å². The summed E-state index contributed by atoms with van der Waals surface area (Å²) >= 11 is 1.69. The van der Waals surface area contributed by atoms with Gasteiger partial charge in [0.2, 0.25) is 0 Å². The van der Waals surface area contributed by atoms with Gasteiger partial charge in [0.25, 0.3) is 0 Å². The van der Waals surface area contributed by atoms with E-state index in [1.807, 2.05) is 0 Å². The van der Waals surface area contributed by atoms with Gasteiger partial charge >= 0.3 is 125 Å². The van der Waals surface area contributed by atoms with Crippen LogP contribution >= 0.6 is 0 Å². The maximum atomic E-state index is 4.59. The number of aryl methyl sites for hydroxylation is 4. The molecule has 0 saturated carbocycles. The van der Waals surface area contributed by atoms with Gasteiger partial charge in [-0.3, -0.25) is 0 Å². The van der Waals surface area contributed by atoms with Crippen molar-refractivity contribution in [1.82, 2.24) is 4.98 Å². The summed E-state index contributed by atoms with van der Waals surface area (Å²) in [5.74, 6) is 0. The Morgan fingerprint density at radius 1 is 0.947 bits per heavy atom. The Kier molecular flexibility index (Phi) is 5.22. The second kappa shape index (κ2) is 6.91. The number of unbranched alkanes of at least 4 members (excludes halogenated alkanes) is 1. The predicted octanol–water partition coefficient (Wildman–Crippen LogP) is 2.52. The Morgan fingerprint density at radius 3 is 2.32 bits per heavy atom. The summed E-state index contributed by atoms with van der Waals surface area (Å²) in [5.41, 5.74) is 5.15. The summed E-state index contributed by atoms with van der Waals surface area (Å²) in [7, 11) is 0. The van der Waals surface area contributed by atoms with Crippen LogP contribution in [0.15, 0.2) is 36.4 Å². The predicted molar refractivity (Wildman–Crippen MR) is 85.0 cm³/mol. The van der Waals surface area contributed by atoms with E-state index in [0.717, 1.165) is 12.1 Å². The molecule has 2 aromatic rings. The Balaban J connectivity index is 1.79. The summed E-state index contributed by atoms with van der Waals surface area (Å²) in [6, 6.07) is 13.3. The summed E-state index contributed by atoms with van der Waals surface area (Å²) < 4.78 is 1.40. The molecule has 0 aliphatic carbocycles. The van der Waals surface area contributed by atoms with Crippen LogP contribution in [-0.2, 0) is 12.8 Å². The molecule has 100 valence electrons. The molecule has 1 aromatic carbocycles. The number of rotatable bonds is 5. The standard InChI is InChI=1S/C17H22AsN/c1-13-11-14(2)19-17(12-13)6-4-3-5-15-7-9-16(18)10-8-15/h7-12H,3-6,18H2,1-2H3. The fourth-order valence-electron chi connectivity index (χ4n) is 2.37. The van der Waals surface area contributed by atoms with E-state index in [2.05, 4.69) is 55.2 Å². The van der Waals surface area contributed by atoms with Gasteiger partial charge in [0.1, 0.15) is 0 Å². The molecule has 0 N–H and O–H groups in total. The molecule has 0 bridgehead atoms. The van der Waals surface area contributed by atoms with E-state index in [4.69, 9.17) is 0 Å². The van der Waals surface area contributed by atoms with E-state index in [-0.39, 0.29) is 0 Å². The quantitative estimate of drug-likeness (QED) is 0.610. The molecule has 2 rings (SSSR count). The third-order valence-corrected chi connectivity index (χ3v) is 4.09. The van der Waals surface area contributed by atoms with Crippen molar-refractivity contribution < 1.29 is 0 Å². The second-order valence-corrected chi connectivity index (χ2v) is 6.62. The van der Waals surface area contributed by atoms with Gasteiger partial charge in [-0.15, -0.1) is 0 Å². The van der Waals surface area contributed by atoms with Crippen molar-refractivity contribution in [1.29, 1.82) is 0 Å². The van der Waals surface area contributed by atoms with Gasteiger partial charge in [-0.05, 0) is 0 Å². The maximum absolute atomic E-state index is 4.59. The molecule has 0 aliphatic heterocycles. The summed E-state index contributed by atoms with van der Waals surface area (Å²) in [4.78, 5) is 4.59. The fraction of sp³-hybridized carbons (Fsp3) is 0.353. The first-order valence-electron chi connectivity index (χ1n) is 6.92. The number of hydrogen-bond donors (Lipinski definition) is 0. The van der Waals surface area contributed by atoms with Gasteiger partial charge in [-0.25, -0.2) is 0 Å². The van der Waals surface area contributed by atoms with Crippen LogP contribution < -0.4 is 4.35 Å². The van der Waals surface area contributed by atoms with Crippen molar-refractivity contribution in [2.24, 2.45) is 0 Å². The van der Waals surface area contributed by atoms with E-state index in [1.54, 1.807) is 16.9 Å². The van der Waals surface area contributed by atoms with Crippen molar-refractivity contribution >= 4 is 21.2 Å². The van der Waals surface area contributed by atoms with E-state index in [0.29, 0.717) is 0 Å². The van der Waals surface area contributed by atoms with Crippen molar-refractivity contribution in [3.8, 4) is 0 Å². The van der Waals surface area contributed by atoms with E-state index >= 15 is 0 Å². The van der Waals surface area contributed by atoms with Gasteiger partial charge < -0.3 is 0 Å². The molecule has 1 aromatic heterocycles. The topological polar surface area (TPSA) is 12.9 Å². The second-order valence-electron chi connectivity index (χ2n) is 5.23. The third kappa shape index (κ3) is 4.84. The fourth-order valence-corrected chi connectivity index (χ4v) is 2.78. The summed E-state index contributed by atoms with van der Waals surface area (Å²) in [5, 5.41) is 0. The van der Waals surface area contributed by atoms with Crippen LogP contribution in [0.25, 0.3) is 0 Å². The number of hydrogen-bond acceptors (Lipinski definition) is 1. The Labute approximate surface area is 125 Å². The molecule has 19 heavy (non-hydrogen) atoms. The van der Waals surface area contributed by atoms with E-state index < -0.39 is 0 Å². The zero-order valence-corrected chi connectivity index (χ0v) is 14.2. The average molecular weight is 315 g/mol. The van der Waals surface area contributed by atoms with E-state index in [9.17, 15) is 0 Å². The number of nitrogens with zero attached hydrogens (tertiary/aromatic N) is 1. The molecule has 1 unspecified atom stereocenters. The average Bonchev–Trinajstić information content (AvgIpc) is 2.36. The van der Waals surface area contributed by atoms with Gasteiger partial charge in [0.05, 0.1) is 0 Å². The van der Waals surface area contributed by atoms with Crippen LogP contribution in [0.4, 0.5) is 0 Å². The van der Waals surface area contributed by atoms with Gasteiger partial charge in [-0.2, -0.15) is 0 Å². The minimum atomic E-state index is 1.09. The van der Waals surface area contributed by atoms with Crippen LogP contribution in [0.1, 0.15) is 35.4 Å². The van der Waals surface area contributed by atoms with Gasteiger partial charge in [-0.1, -0.05) is 0 Å². The van der Waals surface area contributed by atoms with Crippen molar-refractivity contribution in [2.45, 2.75) is 39.5 Å². The Hall–Kier alpha value is -1.07. The van der Waals surface area contributed by atoms with Crippen molar-refractivity contribution in [2.75, 3.05) is 0 Å². The Bertz CT molecular complexity index is 511. The molecule has 0 amide bonds. The summed E-state index contributed by atoms with van der Waals surface area (Å²) in [6.45, 7) is 4.22. The van der Waals surface area contributed by atoms with Gasteiger partial charge in [0.15, 0.2) is 0 Å². The SMILES string of the molecule is Cc1cc(C)nc(CCCCc2ccc([AsH2])cc2)c1. The molecule has 1 heterocycles. The van der Waals surface area contributed by atoms with Crippen LogP contribution in [0.3, 0.4) is 0 Å². The summed E-state index contributed by atoms with van der Waals surface area (Å²) in [6.07, 6.45) is 4.73. The van der Waals surface area contributed by atoms with Crippen LogP contribution in [0.2, 0.25) is 0 Å². The molecule has 0 saturated heterocycles. The van der Waals surface area contributed by atoms with Crippen molar-refractivity contribution in [3.63, 3.8) is 0 Å². The molecular weight excluding hydrogens is 293 g/mol. The minimum absolute atomic E-state index is 1.09. The molecule has 0 aliphatic rings. The first kappa shape index (κ1) is 14.3. The van der Waals surface area contributed by atoms with Crippen LogP contribution in [0.5, 0.6) is 0 Å². The van der Waals surface area contributed by atoms with Gasteiger partial charge in [0, 0.05) is 0 Å². The monoisotopic (exact) mass is 315 g/mol. The molecule has 1 atom stereocenters. The number of aromatic nitrogens is 1. The molecule has 2 heteroatoms. The normalized spacial score (nSPS) is 10.7. The molecule has 1 nitrogen and oxygen atoms in total. The zero-order valence-electron chi connectivity index (χ0n) is 11.8. The third-order valence-electron chi connectivity index (χ3n) is 3.28. The van der Waals surface area contributed by atoms with Crippen molar-refractivity contribution in [3.05, 3.63) is 58.9 Å². The molecule has 0 fully saturated rings.